The molecule has 1 fully saturated rings. The molecule has 2 rings (SSSR count). The monoisotopic (exact) mass is 222 g/mol. The number of likely N-dealkylation sites (tertiary alicyclic amines) is 1. The molecule has 0 saturated carbocycles. The van der Waals surface area contributed by atoms with Gasteiger partial charge in [-0.1, -0.05) is 0 Å². The smallest absolute Gasteiger partial charge is 0.107 e. The van der Waals surface area contributed by atoms with E-state index < -0.39 is 0 Å². The lowest BCUT2D eigenvalue weighted by Crippen LogP contribution is -2.29. The summed E-state index contributed by atoms with van der Waals surface area (Å²) in [5.74, 6) is 1.80. The highest BCUT2D eigenvalue weighted by Gasteiger charge is 2.19. The topological polar surface area (TPSA) is 44.0 Å². The molecule has 0 atom stereocenters. The Morgan fingerprint density at radius 2 is 2.25 bits per heavy atom. The van der Waals surface area contributed by atoms with E-state index in [0.29, 0.717) is 5.92 Å². The van der Waals surface area contributed by atoms with Crippen molar-refractivity contribution in [1.82, 2.24) is 20.2 Å². The quantitative estimate of drug-likeness (QED) is 0.798. The van der Waals surface area contributed by atoms with E-state index in [1.54, 1.807) is 0 Å². The fraction of sp³-hybridized carbons (Fsp3) is 0.750. The third-order valence-electron chi connectivity index (χ3n) is 3.42. The van der Waals surface area contributed by atoms with Crippen molar-refractivity contribution in [3.05, 3.63) is 17.7 Å². The van der Waals surface area contributed by atoms with Gasteiger partial charge in [-0.3, -0.25) is 0 Å². The van der Waals surface area contributed by atoms with Crippen molar-refractivity contribution in [2.45, 2.75) is 25.2 Å². The van der Waals surface area contributed by atoms with Gasteiger partial charge >= 0.3 is 0 Å². The van der Waals surface area contributed by atoms with Crippen molar-refractivity contribution in [2.24, 2.45) is 0 Å². The summed E-state index contributed by atoms with van der Waals surface area (Å²) in [7, 11) is 4.17. The zero-order valence-electron chi connectivity index (χ0n) is 10.3. The molecule has 0 aromatic carbocycles. The molecule has 4 heteroatoms. The van der Waals surface area contributed by atoms with Gasteiger partial charge in [0.25, 0.3) is 0 Å². The van der Waals surface area contributed by atoms with Gasteiger partial charge in [0.05, 0.1) is 0 Å². The molecular formula is C12H22N4. The molecule has 2 N–H and O–H groups in total. The van der Waals surface area contributed by atoms with Crippen LogP contribution < -0.4 is 5.32 Å². The van der Waals surface area contributed by atoms with Crippen LogP contribution in [0.5, 0.6) is 0 Å². The lowest BCUT2D eigenvalue weighted by atomic mass is 9.94. The first-order chi connectivity index (χ1) is 7.79. The summed E-state index contributed by atoms with van der Waals surface area (Å²) in [4.78, 5) is 10.3. The van der Waals surface area contributed by atoms with Gasteiger partial charge in [-0.2, -0.15) is 0 Å². The first kappa shape index (κ1) is 11.6. The Kier molecular flexibility index (Phi) is 3.96. The number of nitrogens with zero attached hydrogens (tertiary/aromatic N) is 2. The van der Waals surface area contributed by atoms with E-state index >= 15 is 0 Å². The Labute approximate surface area is 97.4 Å². The third kappa shape index (κ3) is 2.83. The Balaban J connectivity index is 1.91. The van der Waals surface area contributed by atoms with Crippen LogP contribution in [0.25, 0.3) is 0 Å². The van der Waals surface area contributed by atoms with Crippen LogP contribution in [0.15, 0.2) is 6.20 Å². The van der Waals surface area contributed by atoms with Crippen LogP contribution >= 0.6 is 0 Å². The molecule has 2 heterocycles. The van der Waals surface area contributed by atoms with E-state index in [2.05, 4.69) is 27.2 Å². The second-order valence-electron chi connectivity index (χ2n) is 4.72. The number of rotatable bonds is 4. The van der Waals surface area contributed by atoms with Crippen LogP contribution in [0.1, 0.15) is 30.3 Å². The summed E-state index contributed by atoms with van der Waals surface area (Å²) in [5.41, 5.74) is 1.33. The number of nitrogens with one attached hydrogen (secondary N) is 2. The zero-order valence-corrected chi connectivity index (χ0v) is 10.3. The predicted octanol–water partition coefficient (Wildman–Crippen LogP) is 0.981. The number of hydrogen-bond acceptors (Lipinski definition) is 3. The maximum Gasteiger partial charge on any atom is 0.107 e. The Morgan fingerprint density at radius 3 is 2.94 bits per heavy atom. The van der Waals surface area contributed by atoms with Crippen LogP contribution in [0.3, 0.4) is 0 Å². The zero-order chi connectivity index (χ0) is 11.4. The van der Waals surface area contributed by atoms with E-state index in [0.717, 1.165) is 18.8 Å². The van der Waals surface area contributed by atoms with Crippen LogP contribution in [0, 0.1) is 0 Å². The highest BCUT2D eigenvalue weighted by Crippen LogP contribution is 2.25. The second-order valence-corrected chi connectivity index (χ2v) is 4.72. The Bertz CT molecular complexity index is 313. The van der Waals surface area contributed by atoms with Crippen LogP contribution in [0.2, 0.25) is 0 Å². The molecular weight excluding hydrogens is 200 g/mol. The van der Waals surface area contributed by atoms with Crippen molar-refractivity contribution < 1.29 is 0 Å². The molecule has 0 bridgehead atoms. The predicted molar refractivity (Wildman–Crippen MR) is 65.7 cm³/mol. The summed E-state index contributed by atoms with van der Waals surface area (Å²) in [6.07, 6.45) is 5.53. The third-order valence-corrected chi connectivity index (χ3v) is 3.42. The first-order valence-corrected chi connectivity index (χ1v) is 6.16. The molecule has 0 radical (unpaired) electrons. The number of hydrogen-bond donors (Lipinski definition) is 2. The average Bonchev–Trinajstić information content (AvgIpc) is 2.76. The van der Waals surface area contributed by atoms with Crippen LogP contribution in [-0.4, -0.2) is 48.6 Å². The maximum atomic E-state index is 4.44. The molecule has 1 aliphatic heterocycles. The number of piperidine rings is 1. The number of imidazole rings is 1. The lowest BCUT2D eigenvalue weighted by Gasteiger charge is -2.28. The molecule has 0 spiro atoms. The molecule has 0 amide bonds. The van der Waals surface area contributed by atoms with Crippen LogP contribution in [-0.2, 0) is 6.42 Å². The van der Waals surface area contributed by atoms with Crippen LogP contribution in [0.4, 0.5) is 0 Å². The van der Waals surface area contributed by atoms with Gasteiger partial charge in [-0.05, 0) is 40.0 Å². The van der Waals surface area contributed by atoms with E-state index in [4.69, 9.17) is 0 Å². The molecule has 90 valence electrons. The van der Waals surface area contributed by atoms with Gasteiger partial charge < -0.3 is 15.2 Å². The van der Waals surface area contributed by atoms with Crippen molar-refractivity contribution in [3.8, 4) is 0 Å². The fourth-order valence-corrected chi connectivity index (χ4v) is 2.28. The normalized spacial score (nSPS) is 19.1. The minimum Gasteiger partial charge on any atom is -0.346 e. The van der Waals surface area contributed by atoms with Gasteiger partial charge in [-0.25, -0.2) is 4.98 Å². The molecule has 0 unspecified atom stereocenters. The highest BCUT2D eigenvalue weighted by molar-refractivity contribution is 5.09. The summed E-state index contributed by atoms with van der Waals surface area (Å²) < 4.78 is 0. The van der Waals surface area contributed by atoms with E-state index in [1.165, 1.54) is 31.6 Å². The SMILES string of the molecule is CNCCc1ncc(C2CCN(C)CC2)[nH]1. The van der Waals surface area contributed by atoms with Gasteiger partial charge in [0, 0.05) is 30.8 Å². The largest absolute Gasteiger partial charge is 0.346 e. The number of H-pyrrole nitrogens is 1. The number of aromatic amines is 1. The van der Waals surface area contributed by atoms with E-state index in [1.807, 2.05) is 13.2 Å². The lowest BCUT2D eigenvalue weighted by molar-refractivity contribution is 0.253. The Hall–Kier alpha value is -0.870. The van der Waals surface area contributed by atoms with Gasteiger partial charge in [0.15, 0.2) is 0 Å². The molecule has 16 heavy (non-hydrogen) atoms. The van der Waals surface area contributed by atoms with Crippen molar-refractivity contribution in [2.75, 3.05) is 33.7 Å². The van der Waals surface area contributed by atoms with Gasteiger partial charge in [0.1, 0.15) is 5.82 Å². The first-order valence-electron chi connectivity index (χ1n) is 6.16. The highest BCUT2D eigenvalue weighted by atomic mass is 15.1. The molecule has 4 nitrogen and oxygen atoms in total. The van der Waals surface area contributed by atoms with E-state index in [9.17, 15) is 0 Å². The number of likely N-dealkylation sites (N-methyl/N-ethyl adjacent to an activating group) is 1. The van der Waals surface area contributed by atoms with Crippen molar-refractivity contribution in [3.63, 3.8) is 0 Å². The minimum absolute atomic E-state index is 0.687. The summed E-state index contributed by atoms with van der Waals surface area (Å²) in [5, 5.41) is 3.14. The second kappa shape index (κ2) is 5.46. The van der Waals surface area contributed by atoms with E-state index in [-0.39, 0.29) is 0 Å². The van der Waals surface area contributed by atoms with Gasteiger partial charge in [0.2, 0.25) is 0 Å². The molecule has 0 aliphatic carbocycles. The average molecular weight is 222 g/mol. The fourth-order valence-electron chi connectivity index (χ4n) is 2.28. The Morgan fingerprint density at radius 1 is 1.50 bits per heavy atom. The molecule has 1 saturated heterocycles. The summed E-state index contributed by atoms with van der Waals surface area (Å²) in [6.45, 7) is 3.39. The van der Waals surface area contributed by atoms with Crippen molar-refractivity contribution >= 4 is 0 Å². The minimum atomic E-state index is 0.687. The van der Waals surface area contributed by atoms with Gasteiger partial charge in [-0.15, -0.1) is 0 Å². The van der Waals surface area contributed by atoms with Crippen molar-refractivity contribution in [1.29, 1.82) is 0 Å². The molecule has 1 aromatic heterocycles. The summed E-state index contributed by atoms with van der Waals surface area (Å²) in [6, 6.07) is 0. The maximum absolute atomic E-state index is 4.44. The standard InChI is InChI=1S/C12H22N4/c1-13-6-3-12-14-9-11(15-12)10-4-7-16(2)8-5-10/h9-10,13H,3-8H2,1-2H3,(H,14,15). The molecule has 1 aromatic rings. The summed E-state index contributed by atoms with van der Waals surface area (Å²) >= 11 is 0. The molecule has 1 aliphatic rings. The number of aromatic nitrogens is 2.